The van der Waals surface area contributed by atoms with E-state index in [1.54, 1.807) is 17.0 Å². The van der Waals surface area contributed by atoms with E-state index in [4.69, 9.17) is 0 Å². The molecular weight excluding hydrogens is 369 g/mol. The quantitative estimate of drug-likeness (QED) is 0.684. The highest BCUT2D eigenvalue weighted by Crippen LogP contribution is 2.24. The molecule has 29 heavy (non-hydrogen) atoms. The number of fused-ring (bicyclic) bond motifs is 1. The molecule has 1 heterocycles. The number of halogens is 1. The van der Waals surface area contributed by atoms with Crippen molar-refractivity contribution in [1.82, 2.24) is 4.90 Å². The zero-order chi connectivity index (χ0) is 20.2. The zero-order valence-corrected chi connectivity index (χ0v) is 15.7. The van der Waals surface area contributed by atoms with Gasteiger partial charge in [-0.2, -0.15) is 0 Å². The number of rotatable bonds is 3. The lowest BCUT2D eigenvalue weighted by Crippen LogP contribution is -2.36. The van der Waals surface area contributed by atoms with Gasteiger partial charge in [0, 0.05) is 24.3 Å². The topological polar surface area (TPSA) is 61.4 Å². The second-order valence-corrected chi connectivity index (χ2v) is 6.89. The average Bonchev–Trinajstić information content (AvgIpc) is 2.75. The minimum absolute atomic E-state index is 0.00749. The summed E-state index contributed by atoms with van der Waals surface area (Å²) in [6.07, 6.45) is 0.760. The summed E-state index contributed by atoms with van der Waals surface area (Å²) in [5.74, 6) is -0.505. The minimum Gasteiger partial charge on any atom is -0.334 e. The molecule has 0 fully saturated rings. The second-order valence-electron chi connectivity index (χ2n) is 6.89. The van der Waals surface area contributed by atoms with Gasteiger partial charge < -0.3 is 15.5 Å². The number of urea groups is 1. The van der Waals surface area contributed by atoms with Gasteiger partial charge in [-0.25, -0.2) is 9.18 Å². The van der Waals surface area contributed by atoms with Gasteiger partial charge in [0.1, 0.15) is 5.82 Å². The number of nitrogens with zero attached hydrogens (tertiary/aromatic N) is 1. The number of carbonyl (C=O) groups excluding carboxylic acids is 2. The van der Waals surface area contributed by atoms with Gasteiger partial charge in [-0.1, -0.05) is 36.4 Å². The number of nitrogens with one attached hydrogen (secondary N) is 2. The Kier molecular flexibility index (Phi) is 5.24. The summed E-state index contributed by atoms with van der Waals surface area (Å²) in [6.45, 7) is 1.13. The smallest absolute Gasteiger partial charge is 0.323 e. The molecule has 0 spiro atoms. The lowest BCUT2D eigenvalue weighted by molar-refractivity contribution is 0.0734. The van der Waals surface area contributed by atoms with Crippen molar-refractivity contribution < 1.29 is 14.0 Å². The molecule has 1 aliphatic rings. The van der Waals surface area contributed by atoms with Gasteiger partial charge in [-0.3, -0.25) is 4.79 Å². The van der Waals surface area contributed by atoms with Crippen LogP contribution in [-0.4, -0.2) is 23.4 Å². The molecule has 0 saturated carbocycles. The summed E-state index contributed by atoms with van der Waals surface area (Å²) < 4.78 is 13.7. The van der Waals surface area contributed by atoms with Crippen molar-refractivity contribution in [2.75, 3.05) is 17.2 Å². The molecule has 1 aliphatic heterocycles. The van der Waals surface area contributed by atoms with Gasteiger partial charge in [0.2, 0.25) is 0 Å². The molecule has 2 N–H and O–H groups in total. The molecule has 0 unspecified atom stereocenters. The molecule has 5 nitrogen and oxygen atoms in total. The van der Waals surface area contributed by atoms with Crippen molar-refractivity contribution in [2.24, 2.45) is 0 Å². The molecule has 0 aliphatic carbocycles. The fourth-order valence-corrected chi connectivity index (χ4v) is 3.42. The van der Waals surface area contributed by atoms with E-state index < -0.39 is 11.8 Å². The first kappa shape index (κ1) is 18.7. The molecule has 3 aromatic carbocycles. The van der Waals surface area contributed by atoms with E-state index in [0.29, 0.717) is 24.3 Å². The Morgan fingerprint density at radius 3 is 2.41 bits per heavy atom. The minimum atomic E-state index is -0.525. The van der Waals surface area contributed by atoms with Crippen LogP contribution in [0.1, 0.15) is 21.5 Å². The van der Waals surface area contributed by atoms with Gasteiger partial charge >= 0.3 is 6.03 Å². The second kappa shape index (κ2) is 8.14. The molecule has 6 heteroatoms. The van der Waals surface area contributed by atoms with Crippen LogP contribution in [0, 0.1) is 5.82 Å². The van der Waals surface area contributed by atoms with Crippen LogP contribution in [0.25, 0.3) is 0 Å². The molecule has 3 amide bonds. The van der Waals surface area contributed by atoms with Crippen LogP contribution in [0.4, 0.5) is 20.6 Å². The number of carbonyl (C=O) groups is 2. The van der Waals surface area contributed by atoms with Crippen LogP contribution in [0.15, 0.2) is 72.8 Å². The fraction of sp³-hybridized carbons (Fsp3) is 0.130. The molecule has 146 valence electrons. The highest BCUT2D eigenvalue weighted by Gasteiger charge is 2.22. The first-order valence-electron chi connectivity index (χ1n) is 9.39. The van der Waals surface area contributed by atoms with Crippen molar-refractivity contribution in [1.29, 1.82) is 0 Å². The van der Waals surface area contributed by atoms with E-state index in [-0.39, 0.29) is 11.6 Å². The Bertz CT molecular complexity index is 1050. The highest BCUT2D eigenvalue weighted by atomic mass is 19.1. The third-order valence-corrected chi connectivity index (χ3v) is 4.91. The van der Waals surface area contributed by atoms with Gasteiger partial charge in [-0.15, -0.1) is 0 Å². The molecule has 4 rings (SSSR count). The molecule has 0 saturated heterocycles. The van der Waals surface area contributed by atoms with E-state index in [0.717, 1.165) is 17.5 Å². The summed E-state index contributed by atoms with van der Waals surface area (Å²) in [6, 6.07) is 20.3. The maximum Gasteiger partial charge on any atom is 0.323 e. The zero-order valence-electron chi connectivity index (χ0n) is 15.7. The van der Waals surface area contributed by atoms with Crippen molar-refractivity contribution in [3.05, 3.63) is 95.3 Å². The molecule has 3 aromatic rings. The predicted octanol–water partition coefficient (Wildman–Crippen LogP) is 4.67. The summed E-state index contributed by atoms with van der Waals surface area (Å²) in [7, 11) is 0. The molecule has 0 atom stereocenters. The third kappa shape index (κ3) is 4.27. The van der Waals surface area contributed by atoms with E-state index >= 15 is 0 Å². The first-order valence-corrected chi connectivity index (χ1v) is 9.39. The Morgan fingerprint density at radius 1 is 0.862 bits per heavy atom. The monoisotopic (exact) mass is 389 g/mol. The summed E-state index contributed by atoms with van der Waals surface area (Å²) in [4.78, 5) is 26.7. The normalized spacial score (nSPS) is 12.8. The summed E-state index contributed by atoms with van der Waals surface area (Å²) in [5.41, 5.74) is 3.51. The number of amides is 3. The largest absolute Gasteiger partial charge is 0.334 e. The standard InChI is InChI=1S/C23H20FN3O2/c24-20-8-4-5-9-21(20)26-23(29)25-19-11-10-16-12-13-27(15-18(16)14-19)22(28)17-6-2-1-3-7-17/h1-11,14H,12-13,15H2,(H2,25,26,29). The number of benzene rings is 3. The number of hydrogen-bond acceptors (Lipinski definition) is 2. The van der Waals surface area contributed by atoms with E-state index in [9.17, 15) is 14.0 Å². The highest BCUT2D eigenvalue weighted by molar-refractivity contribution is 6.00. The fourth-order valence-electron chi connectivity index (χ4n) is 3.42. The molecule has 0 bridgehead atoms. The Morgan fingerprint density at radius 2 is 1.62 bits per heavy atom. The molecule has 0 aromatic heterocycles. The van der Waals surface area contributed by atoms with Crippen LogP contribution in [0.3, 0.4) is 0 Å². The first-order chi connectivity index (χ1) is 14.1. The van der Waals surface area contributed by atoms with Gasteiger partial charge in [-0.05, 0) is 53.9 Å². The number of anilines is 2. The van der Waals surface area contributed by atoms with Crippen molar-refractivity contribution in [3.63, 3.8) is 0 Å². The number of para-hydroxylation sites is 1. The van der Waals surface area contributed by atoms with Gasteiger partial charge in [0.05, 0.1) is 5.69 Å². The Hall–Kier alpha value is -3.67. The third-order valence-electron chi connectivity index (χ3n) is 4.91. The molecular formula is C23H20FN3O2. The Balaban J connectivity index is 1.45. The summed E-state index contributed by atoms with van der Waals surface area (Å²) >= 11 is 0. The van der Waals surface area contributed by atoms with Crippen LogP contribution in [0.5, 0.6) is 0 Å². The van der Waals surface area contributed by atoms with E-state index in [2.05, 4.69) is 10.6 Å². The summed E-state index contributed by atoms with van der Waals surface area (Å²) in [5, 5.41) is 5.22. The SMILES string of the molecule is O=C(Nc1ccc2c(c1)CN(C(=O)c1ccccc1)CC2)Nc1ccccc1F. The van der Waals surface area contributed by atoms with E-state index in [1.165, 1.54) is 12.1 Å². The predicted molar refractivity (Wildman–Crippen MR) is 110 cm³/mol. The van der Waals surface area contributed by atoms with Crippen LogP contribution < -0.4 is 10.6 Å². The van der Waals surface area contributed by atoms with Gasteiger partial charge in [0.15, 0.2) is 0 Å². The maximum atomic E-state index is 13.7. The van der Waals surface area contributed by atoms with Crippen molar-refractivity contribution in [2.45, 2.75) is 13.0 Å². The van der Waals surface area contributed by atoms with E-state index in [1.807, 2.05) is 48.5 Å². The lowest BCUT2D eigenvalue weighted by atomic mass is 9.98. The van der Waals surface area contributed by atoms with Crippen molar-refractivity contribution in [3.8, 4) is 0 Å². The van der Waals surface area contributed by atoms with Crippen molar-refractivity contribution >= 4 is 23.3 Å². The maximum absolute atomic E-state index is 13.7. The number of hydrogen-bond donors (Lipinski definition) is 2. The van der Waals surface area contributed by atoms with Gasteiger partial charge in [0.25, 0.3) is 5.91 Å². The van der Waals surface area contributed by atoms with Crippen LogP contribution in [0.2, 0.25) is 0 Å². The van der Waals surface area contributed by atoms with Crippen LogP contribution in [-0.2, 0) is 13.0 Å². The lowest BCUT2D eigenvalue weighted by Gasteiger charge is -2.29. The van der Waals surface area contributed by atoms with Crippen LogP contribution >= 0.6 is 0 Å². The average molecular weight is 389 g/mol. The molecule has 0 radical (unpaired) electrons. The Labute approximate surface area is 168 Å².